The van der Waals surface area contributed by atoms with Gasteiger partial charge in [0.15, 0.2) is 0 Å². The van der Waals surface area contributed by atoms with Crippen molar-refractivity contribution < 1.29 is 9.47 Å². The van der Waals surface area contributed by atoms with Crippen LogP contribution in [0.25, 0.3) is 0 Å². The fourth-order valence-corrected chi connectivity index (χ4v) is 3.39. The van der Waals surface area contributed by atoms with Crippen molar-refractivity contribution in [3.8, 4) is 0 Å². The Balaban J connectivity index is 1.81. The lowest BCUT2D eigenvalue weighted by Crippen LogP contribution is -2.49. The molecule has 0 aromatic rings. The van der Waals surface area contributed by atoms with Crippen LogP contribution in [-0.2, 0) is 9.47 Å². The zero-order valence-corrected chi connectivity index (χ0v) is 11.3. The summed E-state index contributed by atoms with van der Waals surface area (Å²) in [6.07, 6.45) is 8.82. The maximum atomic E-state index is 6.00. The van der Waals surface area contributed by atoms with E-state index in [2.05, 4.69) is 12.4 Å². The fourth-order valence-electron chi connectivity index (χ4n) is 3.39. The molecule has 17 heavy (non-hydrogen) atoms. The molecule has 1 aliphatic heterocycles. The van der Waals surface area contributed by atoms with Gasteiger partial charge in [-0.15, -0.1) is 0 Å². The molecule has 3 heteroatoms. The third-order valence-corrected chi connectivity index (χ3v) is 4.60. The van der Waals surface area contributed by atoms with Crippen molar-refractivity contribution in [1.29, 1.82) is 0 Å². The van der Waals surface area contributed by atoms with Gasteiger partial charge in [-0.25, -0.2) is 0 Å². The summed E-state index contributed by atoms with van der Waals surface area (Å²) in [6.45, 7) is 1.85. The van der Waals surface area contributed by atoms with Crippen molar-refractivity contribution in [1.82, 2.24) is 5.32 Å². The van der Waals surface area contributed by atoms with Gasteiger partial charge in [0, 0.05) is 26.4 Å². The maximum Gasteiger partial charge on any atom is 0.0685 e. The highest BCUT2D eigenvalue weighted by Gasteiger charge is 2.43. The van der Waals surface area contributed by atoms with Crippen molar-refractivity contribution in [2.24, 2.45) is 5.92 Å². The second-order valence-electron chi connectivity index (χ2n) is 5.67. The Bertz CT molecular complexity index is 228. The first kappa shape index (κ1) is 13.3. The van der Waals surface area contributed by atoms with Crippen molar-refractivity contribution >= 4 is 0 Å². The molecule has 1 spiro atoms. The molecular formula is C14H27NO2. The van der Waals surface area contributed by atoms with E-state index in [1.165, 1.54) is 38.5 Å². The van der Waals surface area contributed by atoms with Crippen LogP contribution in [0.2, 0.25) is 0 Å². The molecule has 2 atom stereocenters. The minimum atomic E-state index is 0.277. The summed E-state index contributed by atoms with van der Waals surface area (Å²) in [7, 11) is 3.88. The molecule has 1 heterocycles. The fraction of sp³-hybridized carbons (Fsp3) is 1.00. The van der Waals surface area contributed by atoms with Gasteiger partial charge in [0.25, 0.3) is 0 Å². The van der Waals surface area contributed by atoms with Gasteiger partial charge < -0.3 is 14.8 Å². The van der Waals surface area contributed by atoms with Crippen LogP contribution in [0.3, 0.4) is 0 Å². The molecule has 2 fully saturated rings. The largest absolute Gasteiger partial charge is 0.385 e. The summed E-state index contributed by atoms with van der Waals surface area (Å²) in [5, 5.41) is 3.51. The molecular weight excluding hydrogens is 214 g/mol. The van der Waals surface area contributed by atoms with Gasteiger partial charge in [0.05, 0.1) is 5.60 Å². The molecule has 0 bridgehead atoms. The molecule has 0 radical (unpaired) electrons. The second kappa shape index (κ2) is 6.17. The summed E-state index contributed by atoms with van der Waals surface area (Å²) < 4.78 is 11.1. The number of nitrogens with one attached hydrogen (secondary N) is 1. The molecule has 1 N–H and O–H groups in total. The minimum absolute atomic E-state index is 0.277. The second-order valence-corrected chi connectivity index (χ2v) is 5.67. The van der Waals surface area contributed by atoms with Gasteiger partial charge in [-0.1, -0.05) is 0 Å². The molecule has 2 unspecified atom stereocenters. The summed E-state index contributed by atoms with van der Waals surface area (Å²) >= 11 is 0. The van der Waals surface area contributed by atoms with Crippen LogP contribution in [0.5, 0.6) is 0 Å². The Morgan fingerprint density at radius 2 is 2.29 bits per heavy atom. The third kappa shape index (κ3) is 3.21. The van der Waals surface area contributed by atoms with E-state index in [4.69, 9.17) is 9.47 Å². The Hall–Kier alpha value is -0.120. The monoisotopic (exact) mass is 241 g/mol. The van der Waals surface area contributed by atoms with Crippen LogP contribution in [0.4, 0.5) is 0 Å². The van der Waals surface area contributed by atoms with Crippen molar-refractivity contribution in [2.45, 2.75) is 56.6 Å². The Morgan fingerprint density at radius 3 is 2.88 bits per heavy atom. The van der Waals surface area contributed by atoms with E-state index in [0.717, 1.165) is 25.6 Å². The summed E-state index contributed by atoms with van der Waals surface area (Å²) in [5.74, 6) is 0.797. The van der Waals surface area contributed by atoms with Crippen molar-refractivity contribution in [3.05, 3.63) is 0 Å². The number of hydrogen-bond acceptors (Lipinski definition) is 3. The average Bonchev–Trinajstić information content (AvgIpc) is 2.33. The van der Waals surface area contributed by atoms with Crippen molar-refractivity contribution in [2.75, 3.05) is 27.4 Å². The highest BCUT2D eigenvalue weighted by atomic mass is 16.5. The van der Waals surface area contributed by atoms with E-state index in [1.54, 1.807) is 7.11 Å². The summed E-state index contributed by atoms with van der Waals surface area (Å²) in [4.78, 5) is 0. The van der Waals surface area contributed by atoms with Crippen LogP contribution < -0.4 is 5.32 Å². The SMILES string of the molecule is CNC(CCCOC)C1CCOC2(CCC2)C1. The lowest BCUT2D eigenvalue weighted by molar-refractivity contribution is -0.147. The normalized spacial score (nSPS) is 28.9. The van der Waals surface area contributed by atoms with E-state index in [0.29, 0.717) is 6.04 Å². The van der Waals surface area contributed by atoms with Crippen LogP contribution in [-0.4, -0.2) is 39.0 Å². The first-order chi connectivity index (χ1) is 8.29. The quantitative estimate of drug-likeness (QED) is 0.724. The van der Waals surface area contributed by atoms with Crippen LogP contribution in [0.15, 0.2) is 0 Å². The predicted octanol–water partition coefficient (Wildman–Crippen LogP) is 2.35. The molecule has 2 aliphatic rings. The van der Waals surface area contributed by atoms with E-state index >= 15 is 0 Å². The van der Waals surface area contributed by atoms with Crippen molar-refractivity contribution in [3.63, 3.8) is 0 Å². The molecule has 1 aliphatic carbocycles. The number of methoxy groups -OCH3 is 1. The lowest BCUT2D eigenvalue weighted by Gasteiger charge is -2.48. The van der Waals surface area contributed by atoms with Gasteiger partial charge >= 0.3 is 0 Å². The molecule has 3 nitrogen and oxygen atoms in total. The molecule has 0 aromatic carbocycles. The van der Waals surface area contributed by atoms with Gasteiger partial charge in [-0.3, -0.25) is 0 Å². The smallest absolute Gasteiger partial charge is 0.0685 e. The maximum absolute atomic E-state index is 6.00. The zero-order valence-electron chi connectivity index (χ0n) is 11.3. The van der Waals surface area contributed by atoms with Gasteiger partial charge in [0.2, 0.25) is 0 Å². The zero-order chi connectivity index (χ0) is 12.1. The van der Waals surface area contributed by atoms with Gasteiger partial charge in [-0.05, 0) is 57.9 Å². The van der Waals surface area contributed by atoms with Crippen LogP contribution in [0.1, 0.15) is 44.9 Å². The third-order valence-electron chi connectivity index (χ3n) is 4.60. The van der Waals surface area contributed by atoms with E-state index in [9.17, 15) is 0 Å². The summed E-state index contributed by atoms with van der Waals surface area (Å²) in [5.41, 5.74) is 0.277. The van der Waals surface area contributed by atoms with E-state index in [1.807, 2.05) is 0 Å². The lowest BCUT2D eigenvalue weighted by atomic mass is 9.70. The molecule has 2 rings (SSSR count). The first-order valence-electron chi connectivity index (χ1n) is 7.10. The molecule has 1 saturated carbocycles. The highest BCUT2D eigenvalue weighted by molar-refractivity contribution is 4.96. The standard InChI is InChI=1S/C14H27NO2/c1-15-13(5-3-9-16-2)12-6-10-17-14(11-12)7-4-8-14/h12-13,15H,3-11H2,1-2H3. The average molecular weight is 241 g/mol. The minimum Gasteiger partial charge on any atom is -0.385 e. The van der Waals surface area contributed by atoms with Crippen LogP contribution >= 0.6 is 0 Å². The number of rotatable bonds is 6. The highest BCUT2D eigenvalue weighted by Crippen LogP contribution is 2.45. The Morgan fingerprint density at radius 1 is 1.47 bits per heavy atom. The van der Waals surface area contributed by atoms with Crippen LogP contribution in [0, 0.1) is 5.92 Å². The Labute approximate surface area is 105 Å². The number of ether oxygens (including phenoxy) is 2. The topological polar surface area (TPSA) is 30.5 Å². The number of hydrogen-bond donors (Lipinski definition) is 1. The Kier molecular flexibility index (Phi) is 4.83. The molecule has 100 valence electrons. The first-order valence-corrected chi connectivity index (χ1v) is 7.10. The summed E-state index contributed by atoms with van der Waals surface area (Å²) in [6, 6.07) is 0.645. The van der Waals surface area contributed by atoms with E-state index < -0.39 is 0 Å². The molecule has 0 amide bonds. The van der Waals surface area contributed by atoms with Gasteiger partial charge in [-0.2, -0.15) is 0 Å². The van der Waals surface area contributed by atoms with E-state index in [-0.39, 0.29) is 5.60 Å². The predicted molar refractivity (Wildman–Crippen MR) is 69.2 cm³/mol. The molecule has 0 aromatic heterocycles. The molecule has 1 saturated heterocycles. The van der Waals surface area contributed by atoms with Gasteiger partial charge in [0.1, 0.15) is 0 Å².